The molecule has 146 valence electrons. The van der Waals surface area contributed by atoms with E-state index < -0.39 is 0 Å². The number of fused-ring (bicyclic) bond motifs is 1. The minimum atomic E-state index is -0.236. The van der Waals surface area contributed by atoms with Gasteiger partial charge in [-0.2, -0.15) is 0 Å². The fraction of sp³-hybridized carbons (Fsp3) is 0.500. The molecule has 6 nitrogen and oxygen atoms in total. The summed E-state index contributed by atoms with van der Waals surface area (Å²) in [6.45, 7) is 6.87. The lowest BCUT2D eigenvalue weighted by molar-refractivity contribution is -0.129. The standard InChI is InChI=1S/C20H28FN5O/c1-3-19(27)26-10-8-16(13-26)25-20(22-4-2)23-9-7-14-12-24-18-11-15(21)5-6-17(14)18/h5-6,11-12,16,24H,3-4,7-10,13H2,1-2H3,(H2,22,23,25). The average Bonchev–Trinajstić information content (AvgIpc) is 3.28. The first kappa shape index (κ1) is 19.2. The maximum atomic E-state index is 13.3. The fourth-order valence-electron chi connectivity index (χ4n) is 3.50. The first-order chi connectivity index (χ1) is 13.1. The molecular weight excluding hydrogens is 345 g/mol. The number of nitrogens with one attached hydrogen (secondary N) is 3. The van der Waals surface area contributed by atoms with Crippen LogP contribution in [0.5, 0.6) is 0 Å². The number of hydrogen-bond acceptors (Lipinski definition) is 2. The number of aromatic amines is 1. The van der Waals surface area contributed by atoms with Gasteiger partial charge in [0.2, 0.25) is 5.91 Å². The van der Waals surface area contributed by atoms with Crippen LogP contribution in [-0.4, -0.2) is 54.0 Å². The third-order valence-corrected chi connectivity index (χ3v) is 4.91. The highest BCUT2D eigenvalue weighted by Crippen LogP contribution is 2.19. The minimum Gasteiger partial charge on any atom is -0.361 e. The summed E-state index contributed by atoms with van der Waals surface area (Å²) in [6, 6.07) is 5.03. The van der Waals surface area contributed by atoms with Crippen LogP contribution >= 0.6 is 0 Å². The normalized spacial score (nSPS) is 17.5. The highest BCUT2D eigenvalue weighted by molar-refractivity contribution is 5.83. The number of aliphatic imine (C=N–C) groups is 1. The van der Waals surface area contributed by atoms with Crippen molar-refractivity contribution in [1.29, 1.82) is 0 Å². The first-order valence-electron chi connectivity index (χ1n) is 9.68. The Morgan fingerprint density at radius 1 is 1.41 bits per heavy atom. The van der Waals surface area contributed by atoms with Crippen molar-refractivity contribution >= 4 is 22.8 Å². The molecule has 1 aliphatic heterocycles. The highest BCUT2D eigenvalue weighted by Gasteiger charge is 2.25. The van der Waals surface area contributed by atoms with Gasteiger partial charge < -0.3 is 20.5 Å². The average molecular weight is 373 g/mol. The lowest BCUT2D eigenvalue weighted by Gasteiger charge is -2.18. The van der Waals surface area contributed by atoms with Crippen LogP contribution in [0.3, 0.4) is 0 Å². The van der Waals surface area contributed by atoms with Gasteiger partial charge in [0.15, 0.2) is 5.96 Å². The van der Waals surface area contributed by atoms with Crippen LogP contribution in [0, 0.1) is 5.82 Å². The zero-order valence-corrected chi connectivity index (χ0v) is 16.0. The minimum absolute atomic E-state index is 0.206. The lowest BCUT2D eigenvalue weighted by atomic mass is 10.1. The number of guanidine groups is 1. The molecule has 0 bridgehead atoms. The molecule has 3 rings (SSSR count). The van der Waals surface area contributed by atoms with Crippen LogP contribution < -0.4 is 10.6 Å². The molecule has 1 aliphatic rings. The second kappa shape index (κ2) is 8.88. The Bertz CT molecular complexity index is 816. The molecule has 3 N–H and O–H groups in total. The molecule has 0 saturated carbocycles. The Balaban J connectivity index is 1.58. The van der Waals surface area contributed by atoms with E-state index in [9.17, 15) is 9.18 Å². The summed E-state index contributed by atoms with van der Waals surface area (Å²) in [7, 11) is 0. The third kappa shape index (κ3) is 4.78. The van der Waals surface area contributed by atoms with Crippen LogP contribution in [0.1, 0.15) is 32.3 Å². The van der Waals surface area contributed by atoms with Gasteiger partial charge in [-0.3, -0.25) is 9.79 Å². The SMILES string of the molecule is CCNC(=NCCc1c[nH]c2cc(F)ccc12)NC1CCN(C(=O)CC)C1. The molecule has 0 aliphatic carbocycles. The number of halogens is 1. The number of carbonyl (C=O) groups excluding carboxylic acids is 1. The number of likely N-dealkylation sites (tertiary alicyclic amines) is 1. The summed E-state index contributed by atoms with van der Waals surface area (Å²) < 4.78 is 13.3. The maximum Gasteiger partial charge on any atom is 0.222 e. The van der Waals surface area contributed by atoms with E-state index in [1.807, 2.05) is 31.0 Å². The Hall–Kier alpha value is -2.57. The Morgan fingerprint density at radius 2 is 2.26 bits per heavy atom. The van der Waals surface area contributed by atoms with E-state index in [-0.39, 0.29) is 17.8 Å². The Labute approximate surface area is 159 Å². The highest BCUT2D eigenvalue weighted by atomic mass is 19.1. The predicted molar refractivity (Wildman–Crippen MR) is 106 cm³/mol. The van der Waals surface area contributed by atoms with E-state index in [0.717, 1.165) is 54.9 Å². The van der Waals surface area contributed by atoms with Crippen LogP contribution in [0.15, 0.2) is 29.4 Å². The number of amides is 1. The number of benzene rings is 1. The second-order valence-corrected chi connectivity index (χ2v) is 6.84. The van der Waals surface area contributed by atoms with Gasteiger partial charge in [0.25, 0.3) is 0 Å². The Morgan fingerprint density at radius 3 is 3.04 bits per heavy atom. The molecule has 1 aromatic heterocycles. The molecule has 1 unspecified atom stereocenters. The molecule has 1 amide bonds. The van der Waals surface area contributed by atoms with Crippen molar-refractivity contribution in [2.24, 2.45) is 4.99 Å². The number of nitrogens with zero attached hydrogens (tertiary/aromatic N) is 2. The zero-order chi connectivity index (χ0) is 19.2. The summed E-state index contributed by atoms with van der Waals surface area (Å²) >= 11 is 0. The van der Waals surface area contributed by atoms with Crippen molar-refractivity contribution in [3.05, 3.63) is 35.8 Å². The van der Waals surface area contributed by atoms with Crippen molar-refractivity contribution in [1.82, 2.24) is 20.5 Å². The van der Waals surface area contributed by atoms with Crippen LogP contribution in [-0.2, 0) is 11.2 Å². The van der Waals surface area contributed by atoms with Gasteiger partial charge >= 0.3 is 0 Å². The first-order valence-corrected chi connectivity index (χ1v) is 9.68. The summed E-state index contributed by atoms with van der Waals surface area (Å²) in [5.41, 5.74) is 1.94. The number of H-pyrrole nitrogens is 1. The summed E-state index contributed by atoms with van der Waals surface area (Å²) in [5, 5.41) is 7.74. The molecule has 27 heavy (non-hydrogen) atoms. The second-order valence-electron chi connectivity index (χ2n) is 6.84. The maximum absolute atomic E-state index is 13.3. The quantitative estimate of drug-likeness (QED) is 0.538. The van der Waals surface area contributed by atoms with E-state index in [0.29, 0.717) is 13.0 Å². The van der Waals surface area contributed by atoms with Crippen molar-refractivity contribution in [2.75, 3.05) is 26.2 Å². The van der Waals surface area contributed by atoms with E-state index >= 15 is 0 Å². The predicted octanol–water partition coefficient (Wildman–Crippen LogP) is 2.42. The van der Waals surface area contributed by atoms with Gasteiger partial charge in [0.1, 0.15) is 5.82 Å². The van der Waals surface area contributed by atoms with Gasteiger partial charge in [-0.05, 0) is 43.5 Å². The monoisotopic (exact) mass is 373 g/mol. The van der Waals surface area contributed by atoms with Gasteiger partial charge in [0, 0.05) is 55.7 Å². The molecule has 0 radical (unpaired) electrons. The van der Waals surface area contributed by atoms with Crippen molar-refractivity contribution in [3.8, 4) is 0 Å². The number of carbonyl (C=O) groups is 1. The number of aromatic nitrogens is 1. The molecule has 2 heterocycles. The van der Waals surface area contributed by atoms with Gasteiger partial charge in [-0.15, -0.1) is 0 Å². The van der Waals surface area contributed by atoms with Crippen LogP contribution in [0.25, 0.3) is 10.9 Å². The lowest BCUT2D eigenvalue weighted by Crippen LogP contribution is -2.45. The summed E-state index contributed by atoms with van der Waals surface area (Å²) in [6.07, 6.45) is 4.18. The number of hydrogen-bond donors (Lipinski definition) is 3. The molecule has 1 saturated heterocycles. The molecule has 7 heteroatoms. The third-order valence-electron chi connectivity index (χ3n) is 4.91. The summed E-state index contributed by atoms with van der Waals surface area (Å²) in [5.74, 6) is 0.746. The number of rotatable bonds is 6. The van der Waals surface area contributed by atoms with Gasteiger partial charge in [0.05, 0.1) is 0 Å². The van der Waals surface area contributed by atoms with E-state index in [2.05, 4.69) is 20.6 Å². The molecule has 1 fully saturated rings. The smallest absolute Gasteiger partial charge is 0.222 e. The fourth-order valence-corrected chi connectivity index (χ4v) is 3.50. The molecule has 2 aromatic rings. The van der Waals surface area contributed by atoms with Crippen molar-refractivity contribution in [2.45, 2.75) is 39.2 Å². The molecule has 1 atom stereocenters. The van der Waals surface area contributed by atoms with E-state index in [1.165, 1.54) is 12.1 Å². The zero-order valence-electron chi connectivity index (χ0n) is 16.0. The molecule has 1 aromatic carbocycles. The van der Waals surface area contributed by atoms with Crippen molar-refractivity contribution < 1.29 is 9.18 Å². The van der Waals surface area contributed by atoms with Crippen LogP contribution in [0.4, 0.5) is 4.39 Å². The topological polar surface area (TPSA) is 72.5 Å². The Kier molecular flexibility index (Phi) is 6.32. The molecular formula is C20H28FN5O. The molecule has 0 spiro atoms. The van der Waals surface area contributed by atoms with E-state index in [1.54, 1.807) is 0 Å². The van der Waals surface area contributed by atoms with Crippen LogP contribution in [0.2, 0.25) is 0 Å². The van der Waals surface area contributed by atoms with Gasteiger partial charge in [-0.1, -0.05) is 6.92 Å². The van der Waals surface area contributed by atoms with Crippen molar-refractivity contribution in [3.63, 3.8) is 0 Å². The largest absolute Gasteiger partial charge is 0.361 e. The van der Waals surface area contributed by atoms with Gasteiger partial charge in [-0.25, -0.2) is 4.39 Å². The van der Waals surface area contributed by atoms with E-state index in [4.69, 9.17) is 0 Å². The summed E-state index contributed by atoms with van der Waals surface area (Å²) in [4.78, 5) is 21.5.